The number of methoxy groups -OCH3 is 1. The van der Waals surface area contributed by atoms with E-state index in [-0.39, 0.29) is 17.6 Å². The Morgan fingerprint density at radius 3 is 2.96 bits per heavy atom. The van der Waals surface area contributed by atoms with Crippen LogP contribution in [-0.2, 0) is 6.54 Å². The number of likely N-dealkylation sites (tertiary alicyclic amines) is 1. The molecule has 2 aliphatic rings. The van der Waals surface area contributed by atoms with Gasteiger partial charge in [0.05, 0.1) is 7.11 Å². The van der Waals surface area contributed by atoms with E-state index in [1.54, 1.807) is 0 Å². The molecule has 0 bridgehead atoms. The molecule has 1 saturated carbocycles. The van der Waals surface area contributed by atoms with Gasteiger partial charge in [-0.05, 0) is 49.8 Å². The Bertz CT molecular complexity index is 800. The number of piperidine rings is 1. The summed E-state index contributed by atoms with van der Waals surface area (Å²) >= 11 is 0. The lowest BCUT2D eigenvalue weighted by atomic mass is 9.96. The minimum Gasteiger partial charge on any atom is -0.494 e. The molecule has 6 heteroatoms. The molecule has 2 aromatic rings. The third-order valence-electron chi connectivity index (χ3n) is 5.37. The molecule has 1 aromatic carbocycles. The zero-order chi connectivity index (χ0) is 18.1. The number of carbonyl (C=O) groups excluding carboxylic acids is 1. The van der Waals surface area contributed by atoms with E-state index in [1.807, 2.05) is 11.1 Å². The van der Waals surface area contributed by atoms with Crippen molar-refractivity contribution in [3.63, 3.8) is 0 Å². The molecule has 0 spiro atoms. The predicted molar refractivity (Wildman–Crippen MR) is 95.8 cm³/mol. The minimum absolute atomic E-state index is 0.0756. The van der Waals surface area contributed by atoms with Gasteiger partial charge in [-0.15, -0.1) is 0 Å². The molecule has 2 heterocycles. The number of hydrogen-bond donors (Lipinski definition) is 0. The number of rotatable bonds is 5. The second-order valence-corrected chi connectivity index (χ2v) is 7.32. The second kappa shape index (κ2) is 7.09. The van der Waals surface area contributed by atoms with E-state index in [1.165, 1.54) is 38.2 Å². The Kier molecular flexibility index (Phi) is 4.66. The van der Waals surface area contributed by atoms with Crippen LogP contribution in [0.5, 0.6) is 5.75 Å². The average molecular weight is 357 g/mol. The fourth-order valence-electron chi connectivity index (χ4n) is 3.76. The van der Waals surface area contributed by atoms with Gasteiger partial charge in [0.1, 0.15) is 5.82 Å². The second-order valence-electron chi connectivity index (χ2n) is 7.32. The fourth-order valence-corrected chi connectivity index (χ4v) is 3.76. The summed E-state index contributed by atoms with van der Waals surface area (Å²) < 4.78 is 20.9. The number of halogens is 1. The van der Waals surface area contributed by atoms with Crippen LogP contribution >= 0.6 is 0 Å². The monoisotopic (exact) mass is 357 g/mol. The molecule has 4 rings (SSSR count). The van der Waals surface area contributed by atoms with Gasteiger partial charge in [0.25, 0.3) is 5.91 Å². The van der Waals surface area contributed by atoms with Gasteiger partial charge >= 0.3 is 0 Å². The standard InChI is InChI=1S/C20H24FN3O2/c1-26-18-11-15(6-7-17(18)21)20(25)24-9-2-3-16(13-24)19-22-8-10-23(19)12-14-4-5-14/h6-8,10-11,14,16H,2-5,9,12-13H2,1H3/t16-/m0/s1. The first-order chi connectivity index (χ1) is 12.7. The molecular formula is C20H24FN3O2. The smallest absolute Gasteiger partial charge is 0.254 e. The Morgan fingerprint density at radius 1 is 1.35 bits per heavy atom. The summed E-state index contributed by atoms with van der Waals surface area (Å²) in [4.78, 5) is 19.3. The van der Waals surface area contributed by atoms with Crippen LogP contribution in [0.3, 0.4) is 0 Å². The first-order valence-corrected chi connectivity index (χ1v) is 9.29. The van der Waals surface area contributed by atoms with Crippen molar-refractivity contribution in [3.8, 4) is 5.75 Å². The quantitative estimate of drug-likeness (QED) is 0.823. The molecule has 0 unspecified atom stereocenters. The summed E-state index contributed by atoms with van der Waals surface area (Å²) in [6.45, 7) is 2.41. The molecule has 1 atom stereocenters. The summed E-state index contributed by atoms with van der Waals surface area (Å²) in [5.74, 6) is 1.70. The van der Waals surface area contributed by atoms with Crippen LogP contribution in [0.4, 0.5) is 4.39 Å². The lowest BCUT2D eigenvalue weighted by Gasteiger charge is -2.33. The van der Waals surface area contributed by atoms with Crippen LogP contribution in [0.25, 0.3) is 0 Å². The van der Waals surface area contributed by atoms with Crippen LogP contribution in [0.1, 0.15) is 47.8 Å². The van der Waals surface area contributed by atoms with Gasteiger partial charge in [0.15, 0.2) is 11.6 Å². The van der Waals surface area contributed by atoms with Crippen LogP contribution in [0.15, 0.2) is 30.6 Å². The van der Waals surface area contributed by atoms with E-state index in [4.69, 9.17) is 4.74 Å². The van der Waals surface area contributed by atoms with Crippen molar-refractivity contribution in [2.45, 2.75) is 38.1 Å². The molecule has 1 aromatic heterocycles. The first-order valence-electron chi connectivity index (χ1n) is 9.29. The maximum absolute atomic E-state index is 13.6. The summed E-state index contributed by atoms with van der Waals surface area (Å²) in [5, 5.41) is 0. The highest BCUT2D eigenvalue weighted by atomic mass is 19.1. The lowest BCUT2D eigenvalue weighted by Crippen LogP contribution is -2.39. The number of hydrogen-bond acceptors (Lipinski definition) is 3. The van der Waals surface area contributed by atoms with Crippen molar-refractivity contribution in [2.24, 2.45) is 5.92 Å². The van der Waals surface area contributed by atoms with E-state index in [0.29, 0.717) is 12.1 Å². The number of imidazole rings is 1. The summed E-state index contributed by atoms with van der Waals surface area (Å²) in [7, 11) is 1.41. The van der Waals surface area contributed by atoms with Crippen molar-refractivity contribution in [2.75, 3.05) is 20.2 Å². The van der Waals surface area contributed by atoms with E-state index >= 15 is 0 Å². The van der Waals surface area contributed by atoms with Crippen molar-refractivity contribution < 1.29 is 13.9 Å². The number of ether oxygens (including phenoxy) is 1. The van der Waals surface area contributed by atoms with Crippen molar-refractivity contribution in [1.29, 1.82) is 0 Å². The van der Waals surface area contributed by atoms with Crippen molar-refractivity contribution >= 4 is 5.91 Å². The normalized spacial score (nSPS) is 20.2. The van der Waals surface area contributed by atoms with Crippen molar-refractivity contribution in [3.05, 3.63) is 47.8 Å². The van der Waals surface area contributed by atoms with Gasteiger partial charge in [-0.3, -0.25) is 4.79 Å². The van der Waals surface area contributed by atoms with Crippen molar-refractivity contribution in [1.82, 2.24) is 14.5 Å². The van der Waals surface area contributed by atoms with E-state index in [9.17, 15) is 9.18 Å². The van der Waals surface area contributed by atoms with Crippen LogP contribution < -0.4 is 4.74 Å². The molecule has 138 valence electrons. The summed E-state index contributed by atoms with van der Waals surface area (Å²) in [5.41, 5.74) is 0.463. The van der Waals surface area contributed by atoms with Gasteiger partial charge in [0.2, 0.25) is 0 Å². The number of nitrogens with zero attached hydrogens (tertiary/aromatic N) is 3. The maximum atomic E-state index is 13.6. The Labute approximate surface area is 152 Å². The molecule has 1 saturated heterocycles. The van der Waals surface area contributed by atoms with E-state index < -0.39 is 5.82 Å². The van der Waals surface area contributed by atoms with Gasteiger partial charge in [-0.25, -0.2) is 9.37 Å². The third-order valence-corrected chi connectivity index (χ3v) is 5.37. The van der Waals surface area contributed by atoms with Gasteiger partial charge in [0, 0.05) is 43.5 Å². The third kappa shape index (κ3) is 3.45. The molecule has 26 heavy (non-hydrogen) atoms. The minimum atomic E-state index is -0.456. The van der Waals surface area contributed by atoms with Gasteiger partial charge in [-0.1, -0.05) is 0 Å². The molecule has 1 aliphatic heterocycles. The average Bonchev–Trinajstić information content (AvgIpc) is 3.36. The predicted octanol–water partition coefficient (Wildman–Crippen LogP) is 3.46. The molecule has 1 amide bonds. The highest BCUT2D eigenvalue weighted by molar-refractivity contribution is 5.94. The largest absolute Gasteiger partial charge is 0.494 e. The molecule has 0 N–H and O–H groups in total. The fraction of sp³-hybridized carbons (Fsp3) is 0.500. The van der Waals surface area contributed by atoms with Gasteiger partial charge < -0.3 is 14.2 Å². The zero-order valence-corrected chi connectivity index (χ0v) is 15.0. The number of aromatic nitrogens is 2. The number of benzene rings is 1. The Balaban J connectivity index is 1.49. The maximum Gasteiger partial charge on any atom is 0.254 e. The van der Waals surface area contributed by atoms with Crippen LogP contribution in [0, 0.1) is 11.7 Å². The Morgan fingerprint density at radius 2 is 2.19 bits per heavy atom. The molecule has 1 aliphatic carbocycles. The van der Waals surface area contributed by atoms with Gasteiger partial charge in [-0.2, -0.15) is 0 Å². The number of amides is 1. The van der Waals surface area contributed by atoms with E-state index in [2.05, 4.69) is 15.7 Å². The molecule has 5 nitrogen and oxygen atoms in total. The lowest BCUT2D eigenvalue weighted by molar-refractivity contribution is 0.0702. The first kappa shape index (κ1) is 17.1. The summed E-state index contributed by atoms with van der Waals surface area (Å²) in [6.07, 6.45) is 8.52. The number of carbonyl (C=O) groups is 1. The van der Waals surface area contributed by atoms with E-state index in [0.717, 1.165) is 37.7 Å². The molecule has 0 radical (unpaired) electrons. The van der Waals surface area contributed by atoms with Crippen LogP contribution in [-0.4, -0.2) is 40.6 Å². The highest BCUT2D eigenvalue weighted by Crippen LogP contribution is 2.33. The topological polar surface area (TPSA) is 47.4 Å². The van der Waals surface area contributed by atoms with Crippen LogP contribution in [0.2, 0.25) is 0 Å². The molecular weight excluding hydrogens is 333 g/mol. The molecule has 2 fully saturated rings. The zero-order valence-electron chi connectivity index (χ0n) is 15.0. The highest BCUT2D eigenvalue weighted by Gasteiger charge is 2.30. The summed E-state index contributed by atoms with van der Waals surface area (Å²) in [6, 6.07) is 4.29. The Hall–Kier alpha value is -2.37. The SMILES string of the molecule is COc1cc(C(=O)N2CCC[C@H](c3nccn3CC3CC3)C2)ccc1F.